The molecule has 0 spiro atoms. The maximum absolute atomic E-state index is 12.1. The molecule has 7 heteroatoms. The Morgan fingerprint density at radius 1 is 1.05 bits per heavy atom. The van der Waals surface area contributed by atoms with Crippen LogP contribution in [0.5, 0.6) is 0 Å². The first-order valence-corrected chi connectivity index (χ1v) is 6.59. The van der Waals surface area contributed by atoms with E-state index in [1.807, 2.05) is 0 Å². The van der Waals surface area contributed by atoms with Gasteiger partial charge in [-0.25, -0.2) is 4.79 Å². The minimum atomic E-state index is -0.866. The van der Waals surface area contributed by atoms with Crippen LogP contribution in [0.15, 0.2) is 0 Å². The van der Waals surface area contributed by atoms with Gasteiger partial charge < -0.3 is 25.1 Å². The zero-order valence-electron chi connectivity index (χ0n) is 10.7. The van der Waals surface area contributed by atoms with Crippen LogP contribution in [-0.4, -0.2) is 75.5 Å². The second kappa shape index (κ2) is 5.75. The van der Waals surface area contributed by atoms with Crippen LogP contribution < -0.4 is 0 Å². The smallest absolute Gasteiger partial charge is 0.320 e. The second-order valence-electron chi connectivity index (χ2n) is 5.36. The predicted molar refractivity (Wildman–Crippen MR) is 65.5 cm³/mol. The number of carboxylic acid groups (broad SMARTS) is 1. The van der Waals surface area contributed by atoms with Gasteiger partial charge in [0.2, 0.25) is 0 Å². The van der Waals surface area contributed by atoms with Crippen LogP contribution in [0.3, 0.4) is 0 Å². The normalized spacial score (nSPS) is 30.9. The molecule has 0 saturated carbocycles. The van der Waals surface area contributed by atoms with Gasteiger partial charge in [-0.15, -0.1) is 0 Å². The second-order valence-corrected chi connectivity index (χ2v) is 5.36. The number of nitrogens with zero attached hydrogens (tertiary/aromatic N) is 2. The van der Waals surface area contributed by atoms with E-state index in [0.29, 0.717) is 19.5 Å². The zero-order valence-corrected chi connectivity index (χ0v) is 10.7. The van der Waals surface area contributed by atoms with Gasteiger partial charge in [0.25, 0.3) is 0 Å². The van der Waals surface area contributed by atoms with E-state index in [2.05, 4.69) is 0 Å². The average Bonchev–Trinajstić information content (AvgIpc) is 2.94. The van der Waals surface area contributed by atoms with E-state index >= 15 is 0 Å². The van der Waals surface area contributed by atoms with Crippen molar-refractivity contribution in [3.63, 3.8) is 0 Å². The molecule has 2 amide bonds. The Balaban J connectivity index is 1.80. The third-order valence-corrected chi connectivity index (χ3v) is 3.85. The summed E-state index contributed by atoms with van der Waals surface area (Å²) in [5.41, 5.74) is 0. The van der Waals surface area contributed by atoms with Crippen molar-refractivity contribution in [2.24, 2.45) is 5.92 Å². The van der Waals surface area contributed by atoms with E-state index in [1.165, 1.54) is 4.90 Å². The molecule has 2 rings (SSSR count). The molecular formula is C12H20N2O5. The van der Waals surface area contributed by atoms with E-state index in [0.717, 1.165) is 6.42 Å². The van der Waals surface area contributed by atoms with Crippen LogP contribution >= 0.6 is 0 Å². The third-order valence-electron chi connectivity index (χ3n) is 3.85. The molecule has 0 aromatic carbocycles. The molecule has 0 aliphatic carbocycles. The molecule has 2 aliphatic heterocycles. The van der Waals surface area contributed by atoms with Crippen molar-refractivity contribution in [2.75, 3.05) is 26.2 Å². The fraction of sp³-hybridized carbons (Fsp3) is 0.833. The van der Waals surface area contributed by atoms with E-state index in [1.54, 1.807) is 4.90 Å². The minimum Gasteiger partial charge on any atom is -0.481 e. The van der Waals surface area contributed by atoms with Crippen LogP contribution in [-0.2, 0) is 4.79 Å². The van der Waals surface area contributed by atoms with Crippen LogP contribution in [0.2, 0.25) is 0 Å². The van der Waals surface area contributed by atoms with Gasteiger partial charge in [-0.1, -0.05) is 0 Å². The Morgan fingerprint density at radius 3 is 2.26 bits per heavy atom. The molecule has 3 atom stereocenters. The number of carboxylic acids is 1. The summed E-state index contributed by atoms with van der Waals surface area (Å²) in [6.45, 7) is 1.51. The molecule has 2 heterocycles. The van der Waals surface area contributed by atoms with Crippen molar-refractivity contribution in [1.29, 1.82) is 0 Å². The van der Waals surface area contributed by atoms with Crippen molar-refractivity contribution in [3.05, 3.63) is 0 Å². The Kier molecular flexibility index (Phi) is 4.26. The molecule has 2 aliphatic rings. The zero-order chi connectivity index (χ0) is 14.0. The highest BCUT2D eigenvalue weighted by molar-refractivity contribution is 5.75. The Morgan fingerprint density at radius 2 is 1.68 bits per heavy atom. The largest absolute Gasteiger partial charge is 0.481 e. The summed E-state index contributed by atoms with van der Waals surface area (Å²) in [7, 11) is 0. The van der Waals surface area contributed by atoms with E-state index in [-0.39, 0.29) is 31.5 Å². The highest BCUT2D eigenvalue weighted by Gasteiger charge is 2.36. The number of hydrogen-bond acceptors (Lipinski definition) is 4. The molecule has 2 fully saturated rings. The van der Waals surface area contributed by atoms with Gasteiger partial charge in [-0.05, 0) is 18.8 Å². The summed E-state index contributed by atoms with van der Waals surface area (Å²) >= 11 is 0. The number of rotatable bonds is 3. The fourth-order valence-electron chi connectivity index (χ4n) is 2.70. The minimum absolute atomic E-state index is 0.133. The van der Waals surface area contributed by atoms with Crippen LogP contribution in [0.1, 0.15) is 19.3 Å². The third kappa shape index (κ3) is 3.36. The summed E-state index contributed by atoms with van der Waals surface area (Å²) in [6, 6.07) is -0.173. The number of hydrogen-bond donors (Lipinski definition) is 3. The Hall–Kier alpha value is -1.34. The molecule has 108 valence electrons. The number of aliphatic hydroxyl groups is 2. The lowest BCUT2D eigenvalue weighted by atomic mass is 10.0. The summed E-state index contributed by atoms with van der Waals surface area (Å²) in [6.07, 6.45) is -0.195. The number of aliphatic hydroxyl groups excluding tert-OH is 2. The lowest BCUT2D eigenvalue weighted by molar-refractivity contribution is -0.137. The number of carbonyl (C=O) groups is 2. The molecule has 19 heavy (non-hydrogen) atoms. The maximum Gasteiger partial charge on any atom is 0.320 e. The number of β-amino-alcohol motifs (C(OH)–C–C–N with tert-alkyl or cyclic N) is 2. The monoisotopic (exact) mass is 272 g/mol. The van der Waals surface area contributed by atoms with Crippen LogP contribution in [0.4, 0.5) is 4.79 Å². The van der Waals surface area contributed by atoms with E-state index < -0.39 is 18.2 Å². The number of carbonyl (C=O) groups excluding carboxylic acids is 1. The van der Waals surface area contributed by atoms with Gasteiger partial charge in [0, 0.05) is 19.5 Å². The average molecular weight is 272 g/mol. The SMILES string of the molecule is O=C(O)CCC1CCN(C(=O)N2CC(O)C(O)C2)C1. The molecule has 3 unspecified atom stereocenters. The quantitative estimate of drug-likeness (QED) is 0.632. The number of likely N-dealkylation sites (tertiary alicyclic amines) is 2. The predicted octanol–water partition coefficient (Wildman–Crippen LogP) is -0.670. The molecule has 0 aromatic heterocycles. The summed E-state index contributed by atoms with van der Waals surface area (Å²) in [5, 5.41) is 27.5. The van der Waals surface area contributed by atoms with E-state index in [4.69, 9.17) is 5.11 Å². The summed E-state index contributed by atoms with van der Waals surface area (Å²) in [4.78, 5) is 25.8. The van der Waals surface area contributed by atoms with Gasteiger partial charge in [-0.2, -0.15) is 0 Å². The highest BCUT2D eigenvalue weighted by Crippen LogP contribution is 2.23. The number of amides is 2. The lowest BCUT2D eigenvalue weighted by Crippen LogP contribution is -2.41. The highest BCUT2D eigenvalue weighted by atomic mass is 16.4. The van der Waals surface area contributed by atoms with Gasteiger partial charge in [0.1, 0.15) is 0 Å². The van der Waals surface area contributed by atoms with Gasteiger partial charge in [0.05, 0.1) is 25.3 Å². The fourth-order valence-corrected chi connectivity index (χ4v) is 2.70. The molecule has 7 nitrogen and oxygen atoms in total. The van der Waals surface area contributed by atoms with Gasteiger partial charge in [0.15, 0.2) is 0 Å². The van der Waals surface area contributed by atoms with Crippen molar-refractivity contribution < 1.29 is 24.9 Å². The first-order chi connectivity index (χ1) is 8.97. The standard InChI is InChI=1S/C12H20N2O5/c15-9-6-14(7-10(9)16)12(19)13-4-3-8(5-13)1-2-11(17)18/h8-10,15-16H,1-7H2,(H,17,18). The van der Waals surface area contributed by atoms with Gasteiger partial charge in [-0.3, -0.25) is 4.79 Å². The molecule has 3 N–H and O–H groups in total. The Labute approximate surface area is 111 Å². The Bertz CT molecular complexity index is 352. The topological polar surface area (TPSA) is 101 Å². The summed E-state index contributed by atoms with van der Waals surface area (Å²) < 4.78 is 0. The number of aliphatic carboxylic acids is 1. The van der Waals surface area contributed by atoms with Gasteiger partial charge >= 0.3 is 12.0 Å². The maximum atomic E-state index is 12.1. The first kappa shape index (κ1) is 14.1. The molecule has 0 bridgehead atoms. The van der Waals surface area contributed by atoms with Crippen molar-refractivity contribution in [2.45, 2.75) is 31.5 Å². The lowest BCUT2D eigenvalue weighted by Gasteiger charge is -2.24. The molecule has 0 aromatic rings. The molecule has 0 radical (unpaired) electrons. The first-order valence-electron chi connectivity index (χ1n) is 6.59. The van der Waals surface area contributed by atoms with Crippen molar-refractivity contribution in [1.82, 2.24) is 9.80 Å². The van der Waals surface area contributed by atoms with Crippen molar-refractivity contribution in [3.8, 4) is 0 Å². The van der Waals surface area contributed by atoms with Crippen molar-refractivity contribution >= 4 is 12.0 Å². The molecule has 2 saturated heterocycles. The molecular weight excluding hydrogens is 252 g/mol. The number of urea groups is 1. The van der Waals surface area contributed by atoms with Crippen LogP contribution in [0.25, 0.3) is 0 Å². The van der Waals surface area contributed by atoms with Crippen LogP contribution in [0, 0.1) is 5.92 Å². The van der Waals surface area contributed by atoms with E-state index in [9.17, 15) is 19.8 Å². The summed E-state index contributed by atoms with van der Waals surface area (Å²) in [5.74, 6) is -0.576.